The quantitative estimate of drug-likeness (QED) is 0.480. The Labute approximate surface area is 168 Å². The van der Waals surface area contributed by atoms with Gasteiger partial charge in [-0.3, -0.25) is 0 Å². The minimum Gasteiger partial charge on any atom is -0.493 e. The molecular formula is C20H22N4O3S. The number of hydrogen-bond donors (Lipinski definition) is 1. The number of rotatable bonds is 7. The molecule has 0 radical (unpaired) electrons. The van der Waals surface area contributed by atoms with Crippen molar-refractivity contribution in [3.63, 3.8) is 0 Å². The maximum absolute atomic E-state index is 5.90. The van der Waals surface area contributed by atoms with Gasteiger partial charge in [0.15, 0.2) is 17.3 Å². The summed E-state index contributed by atoms with van der Waals surface area (Å²) < 4.78 is 18.5. The zero-order valence-electron chi connectivity index (χ0n) is 16.2. The van der Waals surface area contributed by atoms with E-state index in [4.69, 9.17) is 26.4 Å². The molecule has 0 aliphatic heterocycles. The molecular weight excluding hydrogens is 376 g/mol. The van der Waals surface area contributed by atoms with Gasteiger partial charge in [0.2, 0.25) is 4.77 Å². The first kappa shape index (κ1) is 19.6. The van der Waals surface area contributed by atoms with Crippen LogP contribution in [-0.2, 0) is 6.61 Å². The molecule has 0 aliphatic rings. The second-order valence-electron chi connectivity index (χ2n) is 6.14. The van der Waals surface area contributed by atoms with Crippen LogP contribution in [-0.4, -0.2) is 35.3 Å². The van der Waals surface area contributed by atoms with E-state index in [0.29, 0.717) is 22.1 Å². The van der Waals surface area contributed by atoms with E-state index < -0.39 is 0 Å². The van der Waals surface area contributed by atoms with Gasteiger partial charge in [-0.15, -0.1) is 0 Å². The molecule has 1 N–H and O–H groups in total. The van der Waals surface area contributed by atoms with Gasteiger partial charge in [-0.2, -0.15) is 14.9 Å². The summed E-state index contributed by atoms with van der Waals surface area (Å²) in [6.07, 6.45) is 1.65. The van der Waals surface area contributed by atoms with Crippen LogP contribution in [0.15, 0.2) is 41.5 Å². The smallest absolute Gasteiger partial charge is 0.216 e. The van der Waals surface area contributed by atoms with Crippen LogP contribution < -0.4 is 14.2 Å². The summed E-state index contributed by atoms with van der Waals surface area (Å²) in [7, 11) is 3.18. The van der Waals surface area contributed by atoms with Crippen LogP contribution in [0.5, 0.6) is 17.2 Å². The molecule has 1 aromatic heterocycles. The molecule has 3 rings (SSSR count). The highest BCUT2D eigenvalue weighted by molar-refractivity contribution is 7.71. The van der Waals surface area contributed by atoms with E-state index in [2.05, 4.69) is 21.4 Å². The molecule has 0 aliphatic carbocycles. The molecule has 0 atom stereocenters. The first-order chi connectivity index (χ1) is 13.5. The summed E-state index contributed by atoms with van der Waals surface area (Å²) in [5.41, 5.74) is 3.00. The third-order valence-corrected chi connectivity index (χ3v) is 4.41. The number of hydrogen-bond acceptors (Lipinski definition) is 6. The molecule has 8 heteroatoms. The van der Waals surface area contributed by atoms with E-state index in [1.54, 1.807) is 20.4 Å². The summed E-state index contributed by atoms with van der Waals surface area (Å²) in [6, 6.07) is 11.6. The van der Waals surface area contributed by atoms with E-state index in [0.717, 1.165) is 16.9 Å². The Bertz CT molecular complexity index is 1060. The number of nitrogens with zero attached hydrogens (tertiary/aromatic N) is 3. The summed E-state index contributed by atoms with van der Waals surface area (Å²) in [4.78, 5) is 0. The lowest BCUT2D eigenvalue weighted by molar-refractivity contribution is 0.288. The molecule has 28 heavy (non-hydrogen) atoms. The zero-order chi connectivity index (χ0) is 20.1. The van der Waals surface area contributed by atoms with Crippen molar-refractivity contribution in [1.82, 2.24) is 14.9 Å². The van der Waals surface area contributed by atoms with Crippen LogP contribution in [0.3, 0.4) is 0 Å². The second-order valence-corrected chi connectivity index (χ2v) is 6.53. The Morgan fingerprint density at radius 2 is 1.96 bits per heavy atom. The highest BCUT2D eigenvalue weighted by Crippen LogP contribution is 2.29. The van der Waals surface area contributed by atoms with E-state index in [-0.39, 0.29) is 6.61 Å². The normalized spacial score (nSPS) is 11.0. The highest BCUT2D eigenvalue weighted by atomic mass is 32.1. The summed E-state index contributed by atoms with van der Waals surface area (Å²) in [6.45, 7) is 4.28. The summed E-state index contributed by atoms with van der Waals surface area (Å²) in [5.74, 6) is 2.57. The molecule has 0 unspecified atom stereocenters. The van der Waals surface area contributed by atoms with E-state index >= 15 is 0 Å². The Hall–Kier alpha value is -3.13. The highest BCUT2D eigenvalue weighted by Gasteiger charge is 2.10. The lowest BCUT2D eigenvalue weighted by atomic mass is 10.1. The number of nitrogens with one attached hydrogen (secondary N) is 1. The SMILES string of the molecule is COc1cccc(/C=N\n2c(COc3ccc(C)cc3C)n[nH]c2=S)c1OC. The predicted octanol–water partition coefficient (Wildman–Crippen LogP) is 4.04. The Morgan fingerprint density at radius 3 is 2.68 bits per heavy atom. The van der Waals surface area contributed by atoms with Crippen molar-refractivity contribution in [3.8, 4) is 17.2 Å². The van der Waals surface area contributed by atoms with Gasteiger partial charge in [0, 0.05) is 5.56 Å². The van der Waals surface area contributed by atoms with E-state index in [1.165, 1.54) is 10.2 Å². The number of methoxy groups -OCH3 is 2. The fourth-order valence-electron chi connectivity index (χ4n) is 2.77. The number of aromatic amines is 1. The standard InChI is InChI=1S/C20H22N4O3S/c1-13-8-9-16(14(2)10-13)27-12-18-22-23-20(28)24(18)21-11-15-6-5-7-17(25-3)19(15)26-4/h5-11H,12H2,1-4H3,(H,23,28)/b21-11-. The minimum absolute atomic E-state index is 0.226. The van der Waals surface area contributed by atoms with Crippen molar-refractivity contribution in [1.29, 1.82) is 0 Å². The predicted molar refractivity (Wildman–Crippen MR) is 110 cm³/mol. The van der Waals surface area contributed by atoms with Crippen LogP contribution in [0.4, 0.5) is 0 Å². The number of H-pyrrole nitrogens is 1. The molecule has 3 aromatic rings. The average molecular weight is 398 g/mol. The molecule has 0 amide bonds. The number of para-hydroxylation sites is 1. The Morgan fingerprint density at radius 1 is 1.14 bits per heavy atom. The monoisotopic (exact) mass is 398 g/mol. The van der Waals surface area contributed by atoms with Crippen LogP contribution >= 0.6 is 12.2 Å². The number of benzene rings is 2. The van der Waals surface area contributed by atoms with Gasteiger partial charge in [-0.1, -0.05) is 23.8 Å². The fourth-order valence-corrected chi connectivity index (χ4v) is 2.97. The molecule has 0 bridgehead atoms. The summed E-state index contributed by atoms with van der Waals surface area (Å²) >= 11 is 5.29. The molecule has 1 heterocycles. The summed E-state index contributed by atoms with van der Waals surface area (Å²) in [5, 5.41) is 11.4. The maximum atomic E-state index is 5.90. The van der Waals surface area contributed by atoms with Gasteiger partial charge in [0.25, 0.3) is 0 Å². The van der Waals surface area contributed by atoms with Gasteiger partial charge < -0.3 is 14.2 Å². The van der Waals surface area contributed by atoms with Crippen molar-refractivity contribution < 1.29 is 14.2 Å². The zero-order valence-corrected chi connectivity index (χ0v) is 17.0. The number of aryl methyl sites for hydroxylation is 2. The average Bonchev–Trinajstić information content (AvgIpc) is 3.04. The number of ether oxygens (including phenoxy) is 3. The van der Waals surface area contributed by atoms with Gasteiger partial charge in [-0.05, 0) is 49.8 Å². The molecule has 0 saturated heterocycles. The Balaban J connectivity index is 1.84. The molecule has 0 saturated carbocycles. The van der Waals surface area contributed by atoms with Gasteiger partial charge >= 0.3 is 0 Å². The van der Waals surface area contributed by atoms with Crippen LogP contribution in [0, 0.1) is 18.6 Å². The van der Waals surface area contributed by atoms with E-state index in [1.807, 2.05) is 44.2 Å². The van der Waals surface area contributed by atoms with Crippen LogP contribution in [0.2, 0.25) is 0 Å². The third-order valence-electron chi connectivity index (χ3n) is 4.15. The van der Waals surface area contributed by atoms with Crippen LogP contribution in [0.1, 0.15) is 22.5 Å². The molecule has 146 valence electrons. The third kappa shape index (κ3) is 4.23. The number of aromatic nitrogens is 3. The van der Waals surface area contributed by atoms with Crippen molar-refractivity contribution in [2.24, 2.45) is 5.10 Å². The van der Waals surface area contributed by atoms with Crippen molar-refractivity contribution in [3.05, 3.63) is 63.7 Å². The Kier molecular flexibility index (Phi) is 6.10. The van der Waals surface area contributed by atoms with Crippen molar-refractivity contribution >= 4 is 18.4 Å². The fraction of sp³-hybridized carbons (Fsp3) is 0.250. The lowest BCUT2D eigenvalue weighted by Gasteiger charge is -2.10. The first-order valence-electron chi connectivity index (χ1n) is 8.65. The molecule has 0 fully saturated rings. The molecule has 0 spiro atoms. The van der Waals surface area contributed by atoms with E-state index in [9.17, 15) is 0 Å². The van der Waals surface area contributed by atoms with Crippen molar-refractivity contribution in [2.45, 2.75) is 20.5 Å². The van der Waals surface area contributed by atoms with Crippen LogP contribution in [0.25, 0.3) is 0 Å². The molecule has 2 aromatic carbocycles. The second kappa shape index (κ2) is 8.71. The van der Waals surface area contributed by atoms with Gasteiger partial charge in [0.1, 0.15) is 12.4 Å². The minimum atomic E-state index is 0.226. The maximum Gasteiger partial charge on any atom is 0.216 e. The largest absolute Gasteiger partial charge is 0.493 e. The topological polar surface area (TPSA) is 73.7 Å². The first-order valence-corrected chi connectivity index (χ1v) is 9.06. The van der Waals surface area contributed by atoms with Gasteiger partial charge in [0.05, 0.1) is 20.4 Å². The van der Waals surface area contributed by atoms with Gasteiger partial charge in [-0.25, -0.2) is 5.10 Å². The van der Waals surface area contributed by atoms with Crippen molar-refractivity contribution in [2.75, 3.05) is 14.2 Å². The molecule has 7 nitrogen and oxygen atoms in total. The lowest BCUT2D eigenvalue weighted by Crippen LogP contribution is -2.05.